The van der Waals surface area contributed by atoms with E-state index in [9.17, 15) is 4.79 Å². The number of aromatic nitrogens is 1. The molecule has 1 aromatic heterocycles. The van der Waals surface area contributed by atoms with Crippen molar-refractivity contribution in [1.82, 2.24) is 9.47 Å². The van der Waals surface area contributed by atoms with Crippen molar-refractivity contribution in [3.8, 4) is 0 Å². The summed E-state index contributed by atoms with van der Waals surface area (Å²) in [6.45, 7) is 6.96. The molecule has 3 aliphatic heterocycles. The Hall–Kier alpha value is -1.39. The monoisotopic (exact) mass is 314 g/mol. The van der Waals surface area contributed by atoms with Crippen LogP contribution in [-0.2, 0) is 11.3 Å². The average molecular weight is 314 g/mol. The van der Waals surface area contributed by atoms with Crippen LogP contribution in [0.3, 0.4) is 0 Å². The Morgan fingerprint density at radius 3 is 2.78 bits per heavy atom. The molecule has 2 saturated heterocycles. The topological polar surface area (TPSA) is 34.5 Å². The molecule has 1 aromatic rings. The van der Waals surface area contributed by atoms with E-state index in [1.165, 1.54) is 17.7 Å². The maximum Gasteiger partial charge on any atom is 0.250 e. The number of hydrogen-bond acceptors (Lipinski definition) is 3. The van der Waals surface area contributed by atoms with Gasteiger partial charge in [0.25, 0.3) is 5.56 Å². The maximum atomic E-state index is 12.3. The predicted octanol–water partition coefficient (Wildman–Crippen LogP) is 2.48. The summed E-state index contributed by atoms with van der Waals surface area (Å²) in [5, 5.41) is 0. The van der Waals surface area contributed by atoms with Crippen LogP contribution in [0.2, 0.25) is 0 Å². The molecule has 23 heavy (non-hydrogen) atoms. The van der Waals surface area contributed by atoms with Crippen LogP contribution in [0.4, 0.5) is 0 Å². The van der Waals surface area contributed by atoms with Crippen LogP contribution in [0.1, 0.15) is 43.4 Å². The zero-order chi connectivity index (χ0) is 15.8. The minimum Gasteiger partial charge on any atom is -0.381 e. The Labute approximate surface area is 137 Å². The van der Waals surface area contributed by atoms with Crippen molar-refractivity contribution in [3.05, 3.63) is 39.8 Å². The molecular formula is C19H26N2O2. The molecule has 0 amide bonds. The van der Waals surface area contributed by atoms with Gasteiger partial charge in [-0.3, -0.25) is 9.69 Å². The number of allylic oxidation sites excluding steroid dienone is 1. The molecular weight excluding hydrogens is 288 g/mol. The molecule has 4 heterocycles. The van der Waals surface area contributed by atoms with E-state index in [2.05, 4.69) is 21.6 Å². The maximum absolute atomic E-state index is 12.3. The van der Waals surface area contributed by atoms with Crippen LogP contribution in [0.15, 0.2) is 23.0 Å². The quantitative estimate of drug-likeness (QED) is 0.841. The van der Waals surface area contributed by atoms with Gasteiger partial charge in [-0.2, -0.15) is 0 Å². The lowest BCUT2D eigenvalue weighted by Gasteiger charge is -2.47. The van der Waals surface area contributed by atoms with Gasteiger partial charge in [-0.25, -0.2) is 0 Å². The van der Waals surface area contributed by atoms with Crippen molar-refractivity contribution in [2.45, 2.75) is 44.7 Å². The van der Waals surface area contributed by atoms with Gasteiger partial charge in [0, 0.05) is 56.6 Å². The zero-order valence-electron chi connectivity index (χ0n) is 13.9. The highest BCUT2D eigenvalue weighted by Gasteiger charge is 2.38. The molecule has 2 atom stereocenters. The van der Waals surface area contributed by atoms with Gasteiger partial charge in [0.1, 0.15) is 0 Å². The molecule has 4 rings (SSSR count). The van der Waals surface area contributed by atoms with Gasteiger partial charge in [-0.05, 0) is 43.7 Å². The first-order valence-electron chi connectivity index (χ1n) is 8.94. The molecule has 0 spiro atoms. The summed E-state index contributed by atoms with van der Waals surface area (Å²) in [6, 6.07) is 4.40. The normalized spacial score (nSPS) is 28.9. The Kier molecular flexibility index (Phi) is 4.12. The van der Waals surface area contributed by atoms with Crippen molar-refractivity contribution >= 4 is 6.08 Å². The fourth-order valence-corrected chi connectivity index (χ4v) is 4.75. The second kappa shape index (κ2) is 6.25. The Morgan fingerprint density at radius 2 is 2.00 bits per heavy atom. The van der Waals surface area contributed by atoms with Gasteiger partial charge in [0.2, 0.25) is 0 Å². The van der Waals surface area contributed by atoms with Gasteiger partial charge >= 0.3 is 0 Å². The summed E-state index contributed by atoms with van der Waals surface area (Å²) in [5.74, 6) is 1.10. The standard InChI is InChI=1S/C19H26N2O2/c1-2-3-15-4-5-18(22)21-12-14-10-16(19(15)21)13-20(11-14)17-6-8-23-9-7-17/h2-5,14,16-17H,6-13H2,1H3. The number of piperidine rings is 1. The number of ether oxygens (including phenoxy) is 1. The number of nitrogens with zero attached hydrogens (tertiary/aromatic N) is 2. The van der Waals surface area contributed by atoms with Gasteiger partial charge in [0.15, 0.2) is 0 Å². The first kappa shape index (κ1) is 15.2. The lowest BCUT2D eigenvalue weighted by atomic mass is 9.80. The molecule has 0 saturated carbocycles. The SMILES string of the molecule is CC=Cc1ccc(=O)n2c1C1CC(CN(C3CCOCC3)C1)C2. The Morgan fingerprint density at radius 1 is 1.17 bits per heavy atom. The Balaban J connectivity index is 1.67. The smallest absolute Gasteiger partial charge is 0.250 e. The van der Waals surface area contributed by atoms with Crippen LogP contribution < -0.4 is 5.56 Å². The largest absolute Gasteiger partial charge is 0.381 e. The van der Waals surface area contributed by atoms with Crippen LogP contribution in [0, 0.1) is 5.92 Å². The molecule has 4 heteroatoms. The lowest BCUT2D eigenvalue weighted by molar-refractivity contribution is 0.00584. The minimum atomic E-state index is 0.169. The third-order valence-corrected chi connectivity index (χ3v) is 5.70. The summed E-state index contributed by atoms with van der Waals surface area (Å²) >= 11 is 0. The zero-order valence-corrected chi connectivity index (χ0v) is 13.9. The molecule has 3 aliphatic rings. The first-order chi connectivity index (χ1) is 11.3. The van der Waals surface area contributed by atoms with E-state index in [1.54, 1.807) is 6.07 Å². The van der Waals surface area contributed by atoms with Crippen LogP contribution >= 0.6 is 0 Å². The highest BCUT2D eigenvalue weighted by Crippen LogP contribution is 2.38. The second-order valence-electron chi connectivity index (χ2n) is 7.22. The highest BCUT2D eigenvalue weighted by atomic mass is 16.5. The third-order valence-electron chi connectivity index (χ3n) is 5.70. The van der Waals surface area contributed by atoms with E-state index in [0.717, 1.165) is 45.7 Å². The molecule has 2 bridgehead atoms. The molecule has 0 aliphatic carbocycles. The average Bonchev–Trinajstić information content (AvgIpc) is 2.58. The molecule has 0 aromatic carbocycles. The lowest BCUT2D eigenvalue weighted by Crippen LogP contribution is -2.52. The van der Waals surface area contributed by atoms with E-state index < -0.39 is 0 Å². The Bertz CT molecular complexity index is 658. The summed E-state index contributed by atoms with van der Waals surface area (Å²) < 4.78 is 7.58. The van der Waals surface area contributed by atoms with E-state index in [0.29, 0.717) is 17.9 Å². The van der Waals surface area contributed by atoms with Gasteiger partial charge in [0.05, 0.1) is 0 Å². The van der Waals surface area contributed by atoms with Gasteiger partial charge in [-0.15, -0.1) is 0 Å². The van der Waals surface area contributed by atoms with Gasteiger partial charge in [-0.1, -0.05) is 12.2 Å². The van der Waals surface area contributed by atoms with Crippen molar-refractivity contribution in [2.75, 3.05) is 26.3 Å². The first-order valence-corrected chi connectivity index (χ1v) is 8.94. The van der Waals surface area contributed by atoms with E-state index >= 15 is 0 Å². The fraction of sp³-hybridized carbons (Fsp3) is 0.632. The van der Waals surface area contributed by atoms with Crippen molar-refractivity contribution in [3.63, 3.8) is 0 Å². The summed E-state index contributed by atoms with van der Waals surface area (Å²) in [5.41, 5.74) is 2.66. The molecule has 0 N–H and O–H groups in total. The van der Waals surface area contributed by atoms with E-state index in [-0.39, 0.29) is 5.56 Å². The molecule has 2 fully saturated rings. The number of fused-ring (bicyclic) bond motifs is 4. The summed E-state index contributed by atoms with van der Waals surface area (Å²) in [6.07, 6.45) is 7.77. The van der Waals surface area contributed by atoms with Crippen LogP contribution in [0.5, 0.6) is 0 Å². The fourth-order valence-electron chi connectivity index (χ4n) is 4.75. The van der Waals surface area contributed by atoms with Crippen molar-refractivity contribution < 1.29 is 4.74 Å². The third kappa shape index (κ3) is 2.79. The summed E-state index contributed by atoms with van der Waals surface area (Å²) in [4.78, 5) is 15.0. The molecule has 0 radical (unpaired) electrons. The van der Waals surface area contributed by atoms with Crippen LogP contribution in [0.25, 0.3) is 6.08 Å². The molecule has 2 unspecified atom stereocenters. The molecule has 124 valence electrons. The number of pyridine rings is 1. The van der Waals surface area contributed by atoms with Crippen molar-refractivity contribution in [2.24, 2.45) is 5.92 Å². The summed E-state index contributed by atoms with van der Waals surface area (Å²) in [7, 11) is 0. The number of hydrogen-bond donors (Lipinski definition) is 0. The highest BCUT2D eigenvalue weighted by molar-refractivity contribution is 5.53. The second-order valence-corrected chi connectivity index (χ2v) is 7.22. The van der Waals surface area contributed by atoms with Crippen molar-refractivity contribution in [1.29, 1.82) is 0 Å². The minimum absolute atomic E-state index is 0.169. The number of rotatable bonds is 2. The predicted molar refractivity (Wildman–Crippen MR) is 91.7 cm³/mol. The molecule has 4 nitrogen and oxygen atoms in total. The van der Waals surface area contributed by atoms with Crippen LogP contribution in [-0.4, -0.2) is 41.8 Å². The van der Waals surface area contributed by atoms with E-state index in [1.807, 2.05) is 13.0 Å². The van der Waals surface area contributed by atoms with E-state index in [4.69, 9.17) is 4.74 Å². The number of likely N-dealkylation sites (tertiary alicyclic amines) is 1. The van der Waals surface area contributed by atoms with Gasteiger partial charge < -0.3 is 9.30 Å².